The van der Waals surface area contributed by atoms with E-state index in [1.165, 1.54) is 22.3 Å². The second-order valence-corrected chi connectivity index (χ2v) is 5.68. The van der Waals surface area contributed by atoms with E-state index in [4.69, 9.17) is 0 Å². The molecule has 3 rings (SSSR count). The highest BCUT2D eigenvalue weighted by molar-refractivity contribution is 5.31. The fraction of sp³-hybridized carbons (Fsp3) is 0.333. The molecule has 0 aliphatic carbocycles. The van der Waals surface area contributed by atoms with Crippen molar-refractivity contribution in [3.63, 3.8) is 0 Å². The molecule has 2 atom stereocenters. The van der Waals surface area contributed by atoms with Gasteiger partial charge in [0.15, 0.2) is 0 Å². The van der Waals surface area contributed by atoms with Crippen LogP contribution in [0.3, 0.4) is 0 Å². The third-order valence-electron chi connectivity index (χ3n) is 4.06. The third kappa shape index (κ3) is 2.77. The van der Waals surface area contributed by atoms with Crippen LogP contribution in [0.4, 0.5) is 0 Å². The number of piperazine rings is 1. The molecule has 2 N–H and O–H groups in total. The van der Waals surface area contributed by atoms with Crippen LogP contribution in [0.15, 0.2) is 48.5 Å². The van der Waals surface area contributed by atoms with Gasteiger partial charge in [0.25, 0.3) is 0 Å². The van der Waals surface area contributed by atoms with E-state index in [2.05, 4.69) is 73.0 Å². The highest BCUT2D eigenvalue weighted by atomic mass is 15.1. The largest absolute Gasteiger partial charge is 0.307 e. The Kier molecular flexibility index (Phi) is 3.86. The molecular weight excluding hydrogens is 244 g/mol. The van der Waals surface area contributed by atoms with Crippen LogP contribution < -0.4 is 10.6 Å². The van der Waals surface area contributed by atoms with E-state index in [1.807, 2.05) is 0 Å². The molecule has 2 aromatic rings. The Bertz CT molecular complexity index is 503. The van der Waals surface area contributed by atoms with Crippen molar-refractivity contribution in [2.45, 2.75) is 25.9 Å². The van der Waals surface area contributed by atoms with Crippen LogP contribution in [0.5, 0.6) is 0 Å². The first-order valence-electron chi connectivity index (χ1n) is 7.34. The molecule has 20 heavy (non-hydrogen) atoms. The molecule has 2 heteroatoms. The third-order valence-corrected chi connectivity index (χ3v) is 4.06. The van der Waals surface area contributed by atoms with Crippen LogP contribution >= 0.6 is 0 Å². The highest BCUT2D eigenvalue weighted by Crippen LogP contribution is 2.30. The molecule has 0 amide bonds. The van der Waals surface area contributed by atoms with Crippen LogP contribution in [-0.4, -0.2) is 13.1 Å². The van der Waals surface area contributed by atoms with Crippen LogP contribution in [0.2, 0.25) is 0 Å². The number of hydrogen-bond donors (Lipinski definition) is 2. The van der Waals surface area contributed by atoms with Gasteiger partial charge < -0.3 is 10.6 Å². The number of rotatable bonds is 2. The fourth-order valence-electron chi connectivity index (χ4n) is 2.86. The first kappa shape index (κ1) is 13.3. The van der Waals surface area contributed by atoms with Gasteiger partial charge in [0, 0.05) is 13.1 Å². The minimum atomic E-state index is 0.340. The highest BCUT2D eigenvalue weighted by Gasteiger charge is 2.26. The van der Waals surface area contributed by atoms with Crippen molar-refractivity contribution in [1.82, 2.24) is 10.6 Å². The zero-order valence-electron chi connectivity index (χ0n) is 12.2. The first-order chi connectivity index (χ1) is 9.74. The van der Waals surface area contributed by atoms with Gasteiger partial charge >= 0.3 is 0 Å². The maximum Gasteiger partial charge on any atom is 0.0518 e. The summed E-state index contributed by atoms with van der Waals surface area (Å²) in [6.07, 6.45) is 0. The molecule has 1 aliphatic rings. The summed E-state index contributed by atoms with van der Waals surface area (Å²) < 4.78 is 0. The Morgan fingerprint density at radius 1 is 0.650 bits per heavy atom. The van der Waals surface area contributed by atoms with Crippen LogP contribution in [0, 0.1) is 13.8 Å². The van der Waals surface area contributed by atoms with Gasteiger partial charge in [-0.2, -0.15) is 0 Å². The zero-order chi connectivity index (χ0) is 13.9. The van der Waals surface area contributed by atoms with Crippen molar-refractivity contribution >= 4 is 0 Å². The predicted octanol–water partition coefficient (Wildman–Crippen LogP) is 3.28. The summed E-state index contributed by atoms with van der Waals surface area (Å²) in [5, 5.41) is 7.31. The second-order valence-electron chi connectivity index (χ2n) is 5.68. The van der Waals surface area contributed by atoms with E-state index in [1.54, 1.807) is 0 Å². The summed E-state index contributed by atoms with van der Waals surface area (Å²) in [6.45, 7) is 6.30. The van der Waals surface area contributed by atoms with E-state index in [9.17, 15) is 0 Å². The molecule has 0 saturated carbocycles. The Balaban J connectivity index is 1.90. The van der Waals surface area contributed by atoms with E-state index >= 15 is 0 Å². The summed E-state index contributed by atoms with van der Waals surface area (Å²) in [5.41, 5.74) is 5.33. The lowest BCUT2D eigenvalue weighted by molar-refractivity contribution is 0.333. The smallest absolute Gasteiger partial charge is 0.0518 e. The molecular formula is C18H22N2. The van der Waals surface area contributed by atoms with E-state index in [0.29, 0.717) is 12.1 Å². The Morgan fingerprint density at radius 2 is 1.00 bits per heavy atom. The maximum atomic E-state index is 3.66. The maximum absolute atomic E-state index is 3.66. The van der Waals surface area contributed by atoms with Gasteiger partial charge in [0.05, 0.1) is 12.1 Å². The number of benzene rings is 2. The fourth-order valence-corrected chi connectivity index (χ4v) is 2.86. The summed E-state index contributed by atoms with van der Waals surface area (Å²) >= 11 is 0. The van der Waals surface area contributed by atoms with E-state index in [-0.39, 0.29) is 0 Å². The molecule has 104 valence electrons. The molecule has 0 unspecified atom stereocenters. The van der Waals surface area contributed by atoms with Gasteiger partial charge in [0.1, 0.15) is 0 Å². The van der Waals surface area contributed by atoms with Crippen LogP contribution in [0.1, 0.15) is 34.3 Å². The van der Waals surface area contributed by atoms with Crippen molar-refractivity contribution in [2.24, 2.45) is 0 Å². The lowest BCUT2D eigenvalue weighted by Crippen LogP contribution is -2.45. The Labute approximate surface area is 121 Å². The molecule has 0 radical (unpaired) electrons. The van der Waals surface area contributed by atoms with Crippen molar-refractivity contribution < 1.29 is 0 Å². The van der Waals surface area contributed by atoms with Gasteiger partial charge in [-0.1, -0.05) is 59.7 Å². The SMILES string of the molecule is Cc1ccc([C@@H]2NCCN[C@H]2c2ccc(C)cc2)cc1. The van der Waals surface area contributed by atoms with Gasteiger partial charge in [0.2, 0.25) is 0 Å². The second kappa shape index (κ2) is 5.78. The minimum absolute atomic E-state index is 0.340. The molecule has 1 aliphatic heterocycles. The minimum Gasteiger partial charge on any atom is -0.307 e. The average Bonchev–Trinajstić information content (AvgIpc) is 2.49. The molecule has 1 heterocycles. The average molecular weight is 266 g/mol. The number of nitrogens with one attached hydrogen (secondary N) is 2. The normalized spacial score (nSPS) is 22.7. The quantitative estimate of drug-likeness (QED) is 0.871. The lowest BCUT2D eigenvalue weighted by Gasteiger charge is -2.34. The van der Waals surface area contributed by atoms with Crippen LogP contribution in [-0.2, 0) is 0 Å². The number of aryl methyl sites for hydroxylation is 2. The predicted molar refractivity (Wildman–Crippen MR) is 83.8 cm³/mol. The number of hydrogen-bond acceptors (Lipinski definition) is 2. The molecule has 2 nitrogen and oxygen atoms in total. The van der Waals surface area contributed by atoms with Crippen molar-refractivity contribution in [2.75, 3.05) is 13.1 Å². The van der Waals surface area contributed by atoms with Gasteiger partial charge in [-0.15, -0.1) is 0 Å². The van der Waals surface area contributed by atoms with E-state index in [0.717, 1.165) is 13.1 Å². The molecule has 0 spiro atoms. The summed E-state index contributed by atoms with van der Waals surface area (Å²) in [7, 11) is 0. The lowest BCUT2D eigenvalue weighted by atomic mass is 9.91. The topological polar surface area (TPSA) is 24.1 Å². The Hall–Kier alpha value is -1.64. The molecule has 2 aromatic carbocycles. The van der Waals surface area contributed by atoms with Crippen LogP contribution in [0.25, 0.3) is 0 Å². The zero-order valence-corrected chi connectivity index (χ0v) is 12.2. The van der Waals surface area contributed by atoms with Crippen molar-refractivity contribution in [1.29, 1.82) is 0 Å². The van der Waals surface area contributed by atoms with Gasteiger partial charge in [-0.3, -0.25) is 0 Å². The molecule has 0 aromatic heterocycles. The molecule has 0 bridgehead atoms. The summed E-state index contributed by atoms with van der Waals surface area (Å²) in [4.78, 5) is 0. The molecule has 1 fully saturated rings. The van der Waals surface area contributed by atoms with Gasteiger partial charge in [-0.05, 0) is 25.0 Å². The summed E-state index contributed by atoms with van der Waals surface area (Å²) in [6, 6.07) is 18.4. The van der Waals surface area contributed by atoms with Crippen molar-refractivity contribution in [3.8, 4) is 0 Å². The molecule has 1 saturated heterocycles. The van der Waals surface area contributed by atoms with Crippen molar-refractivity contribution in [3.05, 3.63) is 70.8 Å². The monoisotopic (exact) mass is 266 g/mol. The Morgan fingerprint density at radius 3 is 1.35 bits per heavy atom. The first-order valence-corrected chi connectivity index (χ1v) is 7.34. The van der Waals surface area contributed by atoms with E-state index < -0.39 is 0 Å². The standard InChI is InChI=1S/C18H22N2/c1-13-3-7-15(8-4-13)17-18(20-12-11-19-17)16-9-5-14(2)6-10-16/h3-10,17-20H,11-12H2,1-2H3/t17-,18-/m0/s1. The van der Waals surface area contributed by atoms with Gasteiger partial charge in [-0.25, -0.2) is 0 Å². The summed E-state index contributed by atoms with van der Waals surface area (Å²) in [5.74, 6) is 0.